The molecule has 6 nitrogen and oxygen atoms in total. The number of carbonyl (C=O) groups excluding carboxylic acids is 2. The van der Waals surface area contributed by atoms with E-state index in [1.807, 2.05) is 65.8 Å². The molecule has 0 aromatic heterocycles. The molecule has 0 heterocycles. The fourth-order valence-electron chi connectivity index (χ4n) is 3.08. The minimum Gasteiger partial charge on any atom is -0.483 e. The number of hydrogen-bond donors (Lipinski definition) is 2. The maximum Gasteiger partial charge on any atom is 0.258 e. The average Bonchev–Trinajstić information content (AvgIpc) is 2.71. The van der Waals surface area contributed by atoms with E-state index in [1.165, 1.54) is 0 Å². The molecule has 2 amide bonds. The Hall–Kier alpha value is -3.02. The number of amides is 2. The van der Waals surface area contributed by atoms with Crippen molar-refractivity contribution in [2.45, 2.75) is 41.5 Å². The van der Waals surface area contributed by atoms with E-state index in [2.05, 4.69) is 10.6 Å². The van der Waals surface area contributed by atoms with Crippen LogP contribution in [0.1, 0.15) is 33.4 Å². The zero-order chi connectivity index (χ0) is 22.3. The van der Waals surface area contributed by atoms with Crippen LogP contribution in [0.3, 0.4) is 0 Å². The van der Waals surface area contributed by atoms with Crippen LogP contribution in [0.15, 0.2) is 24.3 Å². The second kappa shape index (κ2) is 10.7. The molecule has 0 saturated heterocycles. The highest BCUT2D eigenvalue weighted by molar-refractivity contribution is 5.78. The third kappa shape index (κ3) is 6.24. The second-order valence-electron chi connectivity index (χ2n) is 7.58. The summed E-state index contributed by atoms with van der Waals surface area (Å²) in [5.74, 6) is 1.04. The Morgan fingerprint density at radius 1 is 0.633 bits per heavy atom. The van der Waals surface area contributed by atoms with Gasteiger partial charge in [0.15, 0.2) is 13.2 Å². The maximum atomic E-state index is 12.0. The minimum absolute atomic E-state index is 0.0614. The third-order valence-electron chi connectivity index (χ3n) is 5.21. The number of benzene rings is 2. The van der Waals surface area contributed by atoms with E-state index in [0.717, 1.165) is 44.9 Å². The van der Waals surface area contributed by atoms with Gasteiger partial charge in [0.05, 0.1) is 0 Å². The summed E-state index contributed by atoms with van der Waals surface area (Å²) in [6, 6.07) is 8.02. The third-order valence-corrected chi connectivity index (χ3v) is 5.21. The van der Waals surface area contributed by atoms with Gasteiger partial charge in [0, 0.05) is 13.1 Å². The van der Waals surface area contributed by atoms with Crippen molar-refractivity contribution in [3.8, 4) is 11.5 Å². The molecular formula is C24H32N2O4. The van der Waals surface area contributed by atoms with Crippen LogP contribution in [0, 0.1) is 41.5 Å². The van der Waals surface area contributed by atoms with Gasteiger partial charge in [-0.25, -0.2) is 0 Å². The summed E-state index contributed by atoms with van der Waals surface area (Å²) >= 11 is 0. The van der Waals surface area contributed by atoms with Crippen LogP contribution in [-0.4, -0.2) is 38.1 Å². The number of hydrogen-bond acceptors (Lipinski definition) is 4. The predicted molar refractivity (Wildman–Crippen MR) is 118 cm³/mol. The summed E-state index contributed by atoms with van der Waals surface area (Å²) in [5, 5.41) is 5.48. The highest BCUT2D eigenvalue weighted by Gasteiger charge is 2.11. The summed E-state index contributed by atoms with van der Waals surface area (Å²) < 4.78 is 11.4. The van der Waals surface area contributed by atoms with E-state index >= 15 is 0 Å². The van der Waals surface area contributed by atoms with Crippen LogP contribution in [-0.2, 0) is 9.59 Å². The fourth-order valence-corrected chi connectivity index (χ4v) is 3.08. The standard InChI is InChI=1S/C24H32N2O4/c1-15-7-9-17(3)23(19(15)5)29-13-21(27)25-11-12-26-22(28)14-30-24-18(4)10-8-16(2)20(24)6/h7-10H,11-14H2,1-6H3,(H,25,27)(H,26,28). The summed E-state index contributed by atoms with van der Waals surface area (Å²) in [4.78, 5) is 24.0. The number of nitrogens with one attached hydrogen (secondary N) is 2. The van der Waals surface area contributed by atoms with Crippen molar-refractivity contribution in [1.29, 1.82) is 0 Å². The van der Waals surface area contributed by atoms with Gasteiger partial charge >= 0.3 is 0 Å². The lowest BCUT2D eigenvalue weighted by Crippen LogP contribution is -2.38. The molecular weight excluding hydrogens is 380 g/mol. The molecule has 0 fully saturated rings. The van der Waals surface area contributed by atoms with E-state index in [4.69, 9.17) is 9.47 Å². The Balaban J connectivity index is 1.69. The first-order valence-electron chi connectivity index (χ1n) is 10.1. The minimum atomic E-state index is -0.230. The number of ether oxygens (including phenoxy) is 2. The molecule has 162 valence electrons. The van der Waals surface area contributed by atoms with E-state index in [-0.39, 0.29) is 25.0 Å². The lowest BCUT2D eigenvalue weighted by Gasteiger charge is -2.14. The molecule has 2 rings (SSSR count). The van der Waals surface area contributed by atoms with Gasteiger partial charge in [-0.05, 0) is 74.9 Å². The Morgan fingerprint density at radius 3 is 1.33 bits per heavy atom. The first kappa shape index (κ1) is 23.3. The highest BCUT2D eigenvalue weighted by atomic mass is 16.5. The van der Waals surface area contributed by atoms with Gasteiger partial charge in [-0.15, -0.1) is 0 Å². The van der Waals surface area contributed by atoms with Crippen molar-refractivity contribution in [2.24, 2.45) is 0 Å². The topological polar surface area (TPSA) is 76.7 Å². The monoisotopic (exact) mass is 412 g/mol. The normalized spacial score (nSPS) is 10.5. The highest BCUT2D eigenvalue weighted by Crippen LogP contribution is 2.26. The van der Waals surface area contributed by atoms with E-state index in [0.29, 0.717) is 13.1 Å². The summed E-state index contributed by atoms with van der Waals surface area (Å²) in [5.41, 5.74) is 6.31. The van der Waals surface area contributed by atoms with Gasteiger partial charge in [-0.2, -0.15) is 0 Å². The van der Waals surface area contributed by atoms with Crippen LogP contribution < -0.4 is 20.1 Å². The largest absolute Gasteiger partial charge is 0.483 e. The van der Waals surface area contributed by atoms with Gasteiger partial charge in [0.1, 0.15) is 11.5 Å². The van der Waals surface area contributed by atoms with Crippen molar-refractivity contribution >= 4 is 11.8 Å². The maximum absolute atomic E-state index is 12.0. The first-order chi connectivity index (χ1) is 14.2. The van der Waals surface area contributed by atoms with E-state index in [9.17, 15) is 9.59 Å². The van der Waals surface area contributed by atoms with Crippen molar-refractivity contribution in [3.05, 3.63) is 57.6 Å². The molecule has 2 aromatic rings. The van der Waals surface area contributed by atoms with Crippen molar-refractivity contribution in [2.75, 3.05) is 26.3 Å². The van der Waals surface area contributed by atoms with Crippen LogP contribution >= 0.6 is 0 Å². The summed E-state index contributed by atoms with van der Waals surface area (Å²) in [7, 11) is 0. The Labute approximate surface area is 179 Å². The molecule has 0 bridgehead atoms. The molecule has 6 heteroatoms. The van der Waals surface area contributed by atoms with Gasteiger partial charge in [-0.3, -0.25) is 9.59 Å². The molecule has 0 spiro atoms. The summed E-state index contributed by atoms with van der Waals surface area (Å²) in [6.07, 6.45) is 0. The van der Waals surface area contributed by atoms with Gasteiger partial charge in [-0.1, -0.05) is 24.3 Å². The van der Waals surface area contributed by atoms with E-state index < -0.39 is 0 Å². The van der Waals surface area contributed by atoms with Crippen LogP contribution in [0.4, 0.5) is 0 Å². The smallest absolute Gasteiger partial charge is 0.258 e. The molecule has 0 atom stereocenters. The van der Waals surface area contributed by atoms with Crippen LogP contribution in [0.25, 0.3) is 0 Å². The summed E-state index contributed by atoms with van der Waals surface area (Å²) in [6.45, 7) is 12.4. The Bertz CT molecular complexity index is 846. The molecule has 30 heavy (non-hydrogen) atoms. The average molecular weight is 413 g/mol. The molecule has 0 aliphatic carbocycles. The SMILES string of the molecule is Cc1ccc(C)c(OCC(=O)NCCNC(=O)COc2c(C)ccc(C)c2C)c1C. The number of carbonyl (C=O) groups is 2. The molecule has 2 N–H and O–H groups in total. The first-order valence-corrected chi connectivity index (χ1v) is 10.1. The molecule has 0 unspecified atom stereocenters. The lowest BCUT2D eigenvalue weighted by atomic mass is 10.1. The molecule has 0 saturated carbocycles. The van der Waals surface area contributed by atoms with Crippen LogP contribution in [0.5, 0.6) is 11.5 Å². The predicted octanol–water partition coefficient (Wildman–Crippen LogP) is 3.23. The lowest BCUT2D eigenvalue weighted by molar-refractivity contribution is -0.124. The number of aryl methyl sites for hydroxylation is 4. The Kier molecular flexibility index (Phi) is 8.27. The van der Waals surface area contributed by atoms with Gasteiger partial charge < -0.3 is 20.1 Å². The van der Waals surface area contributed by atoms with Crippen molar-refractivity contribution in [1.82, 2.24) is 10.6 Å². The molecule has 0 aliphatic heterocycles. The molecule has 0 aliphatic rings. The van der Waals surface area contributed by atoms with Crippen LogP contribution in [0.2, 0.25) is 0 Å². The molecule has 2 aromatic carbocycles. The van der Waals surface area contributed by atoms with E-state index in [1.54, 1.807) is 0 Å². The Morgan fingerprint density at radius 2 is 0.967 bits per heavy atom. The zero-order valence-corrected chi connectivity index (χ0v) is 18.8. The van der Waals surface area contributed by atoms with Crippen molar-refractivity contribution in [3.63, 3.8) is 0 Å². The fraction of sp³-hybridized carbons (Fsp3) is 0.417. The zero-order valence-electron chi connectivity index (χ0n) is 18.8. The van der Waals surface area contributed by atoms with Gasteiger partial charge in [0.2, 0.25) is 0 Å². The van der Waals surface area contributed by atoms with Crippen molar-refractivity contribution < 1.29 is 19.1 Å². The quantitative estimate of drug-likeness (QED) is 0.620. The van der Waals surface area contributed by atoms with Gasteiger partial charge in [0.25, 0.3) is 11.8 Å². The molecule has 0 radical (unpaired) electrons. The number of rotatable bonds is 9. The second-order valence-corrected chi connectivity index (χ2v) is 7.58.